The molecule has 0 saturated carbocycles. The monoisotopic (exact) mass is 225 g/mol. The molecule has 0 bridgehead atoms. The van der Waals surface area contributed by atoms with Gasteiger partial charge in [0.25, 0.3) is 0 Å². The zero-order valence-corrected chi connectivity index (χ0v) is 11.0. The number of hydrogen-bond donors (Lipinski definition) is 1. The molecule has 1 aromatic rings. The molecule has 1 aromatic heterocycles. The predicted octanol–water partition coefficient (Wildman–Crippen LogP) is 4.29. The Morgan fingerprint density at radius 3 is 2.60 bits per heavy atom. The van der Waals surface area contributed by atoms with Crippen LogP contribution in [0.2, 0.25) is 0 Å². The van der Waals surface area contributed by atoms with Gasteiger partial charge in [-0.05, 0) is 48.2 Å². The lowest BCUT2D eigenvalue weighted by Gasteiger charge is -2.18. The van der Waals surface area contributed by atoms with Crippen molar-refractivity contribution >= 4 is 11.3 Å². The highest BCUT2D eigenvalue weighted by molar-refractivity contribution is 7.08. The Balaban J connectivity index is 2.58. The Kier molecular flexibility index (Phi) is 5.96. The standard InChI is InChI=1S/C13H23NS/c1-4-6-7-13(14-8-5-2)12-10-15-9-11(12)3/h9-10,13-14H,4-8H2,1-3H3. The summed E-state index contributed by atoms with van der Waals surface area (Å²) in [6, 6.07) is 0.580. The van der Waals surface area contributed by atoms with Gasteiger partial charge in [-0.2, -0.15) is 11.3 Å². The highest BCUT2D eigenvalue weighted by Crippen LogP contribution is 2.25. The molecule has 0 aliphatic rings. The van der Waals surface area contributed by atoms with Gasteiger partial charge in [0.1, 0.15) is 0 Å². The van der Waals surface area contributed by atoms with Gasteiger partial charge in [-0.3, -0.25) is 0 Å². The first-order valence-corrected chi connectivity index (χ1v) is 6.99. The third-order valence-corrected chi connectivity index (χ3v) is 3.64. The summed E-state index contributed by atoms with van der Waals surface area (Å²) in [5.41, 5.74) is 2.96. The SMILES string of the molecule is CCCCC(NCCC)c1cscc1C. The summed E-state index contributed by atoms with van der Waals surface area (Å²) in [6.07, 6.45) is 5.09. The molecular formula is C13H23NS. The Labute approximate surface area is 97.9 Å². The Hall–Kier alpha value is -0.340. The van der Waals surface area contributed by atoms with Gasteiger partial charge in [-0.15, -0.1) is 0 Å². The van der Waals surface area contributed by atoms with Crippen molar-refractivity contribution in [2.75, 3.05) is 6.54 Å². The molecule has 1 heterocycles. The Morgan fingerprint density at radius 2 is 2.07 bits per heavy atom. The molecule has 0 spiro atoms. The van der Waals surface area contributed by atoms with Gasteiger partial charge in [-0.1, -0.05) is 26.7 Å². The molecule has 0 amide bonds. The van der Waals surface area contributed by atoms with Crippen LogP contribution in [0.5, 0.6) is 0 Å². The van der Waals surface area contributed by atoms with E-state index < -0.39 is 0 Å². The molecule has 15 heavy (non-hydrogen) atoms. The zero-order chi connectivity index (χ0) is 11.1. The minimum atomic E-state index is 0.580. The normalized spacial score (nSPS) is 13.0. The number of rotatable bonds is 7. The van der Waals surface area contributed by atoms with Crippen LogP contribution in [0.1, 0.15) is 56.7 Å². The summed E-state index contributed by atoms with van der Waals surface area (Å²) in [5, 5.41) is 8.21. The first-order chi connectivity index (χ1) is 7.29. The van der Waals surface area contributed by atoms with Crippen molar-refractivity contribution in [3.8, 4) is 0 Å². The van der Waals surface area contributed by atoms with Crippen LogP contribution in [0.4, 0.5) is 0 Å². The number of unbranched alkanes of at least 4 members (excludes halogenated alkanes) is 1. The zero-order valence-electron chi connectivity index (χ0n) is 10.2. The molecule has 0 aromatic carbocycles. The molecule has 1 atom stereocenters. The molecule has 0 aliphatic heterocycles. The summed E-state index contributed by atoms with van der Waals surface area (Å²) in [6.45, 7) is 7.84. The average molecular weight is 225 g/mol. The molecule has 1 rings (SSSR count). The molecule has 1 unspecified atom stereocenters. The lowest BCUT2D eigenvalue weighted by Crippen LogP contribution is -2.22. The molecule has 0 fully saturated rings. The summed E-state index contributed by atoms with van der Waals surface area (Å²) >= 11 is 1.82. The summed E-state index contributed by atoms with van der Waals surface area (Å²) in [5.74, 6) is 0. The van der Waals surface area contributed by atoms with Crippen molar-refractivity contribution < 1.29 is 0 Å². The quantitative estimate of drug-likeness (QED) is 0.730. The van der Waals surface area contributed by atoms with Gasteiger partial charge in [0.05, 0.1) is 0 Å². The summed E-state index contributed by atoms with van der Waals surface area (Å²) < 4.78 is 0. The van der Waals surface area contributed by atoms with E-state index in [0.29, 0.717) is 6.04 Å². The van der Waals surface area contributed by atoms with E-state index in [1.165, 1.54) is 36.8 Å². The van der Waals surface area contributed by atoms with E-state index in [4.69, 9.17) is 0 Å². The fourth-order valence-corrected chi connectivity index (χ4v) is 2.73. The first kappa shape index (κ1) is 12.7. The summed E-state index contributed by atoms with van der Waals surface area (Å²) in [7, 11) is 0. The Morgan fingerprint density at radius 1 is 1.27 bits per heavy atom. The van der Waals surface area contributed by atoms with Gasteiger partial charge in [0.15, 0.2) is 0 Å². The third-order valence-electron chi connectivity index (χ3n) is 2.76. The highest BCUT2D eigenvalue weighted by atomic mass is 32.1. The second kappa shape index (κ2) is 7.02. The first-order valence-electron chi connectivity index (χ1n) is 6.05. The van der Waals surface area contributed by atoms with Crippen molar-refractivity contribution in [3.63, 3.8) is 0 Å². The fourth-order valence-electron chi connectivity index (χ4n) is 1.82. The Bertz CT molecular complexity index is 259. The van der Waals surface area contributed by atoms with Gasteiger partial charge in [0, 0.05) is 6.04 Å². The molecule has 86 valence electrons. The minimum absolute atomic E-state index is 0.580. The molecule has 0 radical (unpaired) electrons. The lowest BCUT2D eigenvalue weighted by molar-refractivity contribution is 0.481. The maximum atomic E-state index is 3.65. The molecule has 1 nitrogen and oxygen atoms in total. The van der Waals surface area contributed by atoms with E-state index in [0.717, 1.165) is 6.54 Å². The number of aryl methyl sites for hydroxylation is 1. The van der Waals surface area contributed by atoms with Gasteiger partial charge in [0.2, 0.25) is 0 Å². The molecule has 0 saturated heterocycles. The lowest BCUT2D eigenvalue weighted by atomic mass is 10.0. The van der Waals surface area contributed by atoms with Crippen molar-refractivity contribution in [1.29, 1.82) is 0 Å². The number of thiophene rings is 1. The predicted molar refractivity (Wildman–Crippen MR) is 69.6 cm³/mol. The van der Waals surface area contributed by atoms with Gasteiger partial charge in [-0.25, -0.2) is 0 Å². The van der Waals surface area contributed by atoms with Crippen LogP contribution in [0.25, 0.3) is 0 Å². The number of hydrogen-bond acceptors (Lipinski definition) is 2. The third kappa shape index (κ3) is 3.96. The van der Waals surface area contributed by atoms with Gasteiger partial charge < -0.3 is 5.32 Å². The van der Waals surface area contributed by atoms with Crippen LogP contribution in [-0.4, -0.2) is 6.54 Å². The topological polar surface area (TPSA) is 12.0 Å². The summed E-state index contributed by atoms with van der Waals surface area (Å²) in [4.78, 5) is 0. The van der Waals surface area contributed by atoms with Crippen molar-refractivity contribution in [3.05, 3.63) is 21.9 Å². The van der Waals surface area contributed by atoms with E-state index in [1.807, 2.05) is 11.3 Å². The van der Waals surface area contributed by atoms with Crippen molar-refractivity contribution in [1.82, 2.24) is 5.32 Å². The van der Waals surface area contributed by atoms with Crippen LogP contribution in [0.15, 0.2) is 10.8 Å². The van der Waals surface area contributed by atoms with E-state index in [-0.39, 0.29) is 0 Å². The van der Waals surface area contributed by atoms with Crippen LogP contribution in [0.3, 0.4) is 0 Å². The second-order valence-corrected chi connectivity index (χ2v) is 4.90. The minimum Gasteiger partial charge on any atom is -0.310 e. The smallest absolute Gasteiger partial charge is 0.0331 e. The molecule has 0 aliphatic carbocycles. The fraction of sp³-hybridized carbons (Fsp3) is 0.692. The second-order valence-electron chi connectivity index (χ2n) is 4.16. The highest BCUT2D eigenvalue weighted by Gasteiger charge is 2.12. The molecule has 1 N–H and O–H groups in total. The van der Waals surface area contributed by atoms with E-state index >= 15 is 0 Å². The largest absolute Gasteiger partial charge is 0.310 e. The maximum absolute atomic E-state index is 3.65. The van der Waals surface area contributed by atoms with E-state index in [1.54, 1.807) is 0 Å². The van der Waals surface area contributed by atoms with Crippen LogP contribution < -0.4 is 5.32 Å². The van der Waals surface area contributed by atoms with E-state index in [9.17, 15) is 0 Å². The van der Waals surface area contributed by atoms with Gasteiger partial charge >= 0.3 is 0 Å². The van der Waals surface area contributed by atoms with Crippen LogP contribution in [-0.2, 0) is 0 Å². The molecule has 2 heteroatoms. The number of nitrogens with one attached hydrogen (secondary N) is 1. The maximum Gasteiger partial charge on any atom is 0.0331 e. The van der Waals surface area contributed by atoms with Crippen LogP contribution >= 0.6 is 11.3 Å². The van der Waals surface area contributed by atoms with E-state index in [2.05, 4.69) is 36.8 Å². The average Bonchev–Trinajstić information content (AvgIpc) is 2.65. The van der Waals surface area contributed by atoms with Crippen molar-refractivity contribution in [2.24, 2.45) is 0 Å². The van der Waals surface area contributed by atoms with Crippen molar-refractivity contribution in [2.45, 2.75) is 52.5 Å². The van der Waals surface area contributed by atoms with Crippen LogP contribution in [0, 0.1) is 6.92 Å². The molecular weight excluding hydrogens is 202 g/mol.